The van der Waals surface area contributed by atoms with Gasteiger partial charge in [-0.25, -0.2) is 0 Å². The van der Waals surface area contributed by atoms with Crippen LogP contribution in [0.2, 0.25) is 0 Å². The van der Waals surface area contributed by atoms with Crippen molar-refractivity contribution in [1.29, 1.82) is 0 Å². The number of rotatable bonds is 9. The van der Waals surface area contributed by atoms with Gasteiger partial charge in [0.25, 0.3) is 6.78 Å². The van der Waals surface area contributed by atoms with E-state index in [0.717, 1.165) is 7.92 Å². The third-order valence-corrected chi connectivity index (χ3v) is 15.5. The molecule has 23 heavy (non-hydrogen) atoms. The minimum absolute atomic E-state index is 0.0778. The van der Waals surface area contributed by atoms with E-state index in [2.05, 4.69) is 4.52 Å². The van der Waals surface area contributed by atoms with Crippen LogP contribution in [0.15, 0.2) is 4.52 Å². The number of halogens is 5. The Bertz CT molecular complexity index is 428. The van der Waals surface area contributed by atoms with Gasteiger partial charge in [-0.2, -0.15) is 4.52 Å². The smallest absolute Gasteiger partial charge is 0.271 e. The highest BCUT2D eigenvalue weighted by atomic mass is 35.7. The second-order valence-electron chi connectivity index (χ2n) is 4.48. The number of aliphatic hydroxyl groups is 2. The summed E-state index contributed by atoms with van der Waals surface area (Å²) in [4.78, 5) is 0. The Labute approximate surface area is 162 Å². The van der Waals surface area contributed by atoms with Crippen LogP contribution < -0.4 is 0 Å². The Balaban J connectivity index is 2.38. The van der Waals surface area contributed by atoms with E-state index in [9.17, 15) is 5.11 Å². The van der Waals surface area contributed by atoms with Crippen LogP contribution in [0.25, 0.3) is 0 Å². The molecular formula is C8H17Cl5N3O4P3. The van der Waals surface area contributed by atoms with Crippen molar-refractivity contribution < 1.29 is 19.5 Å². The van der Waals surface area contributed by atoms with Gasteiger partial charge in [0, 0.05) is 0 Å². The Hall–Kier alpha value is 2.30. The summed E-state index contributed by atoms with van der Waals surface area (Å²) in [5.41, 5.74) is 0. The lowest BCUT2D eigenvalue weighted by atomic mass is 10.2. The zero-order valence-corrected chi connectivity index (χ0v) is 18.4. The van der Waals surface area contributed by atoms with Gasteiger partial charge in [0.05, 0.1) is 25.9 Å². The molecule has 1 rings (SSSR count). The lowest BCUT2D eigenvalue weighted by molar-refractivity contribution is -0.0259. The highest BCUT2D eigenvalue weighted by Crippen LogP contribution is 2.84. The molecule has 1 aliphatic heterocycles. The topological polar surface area (TPSA) is 77.8 Å². The fraction of sp³-hybridized carbons (Fsp3) is 1.00. The van der Waals surface area contributed by atoms with Crippen LogP contribution in [-0.4, -0.2) is 50.2 Å². The fourth-order valence-electron chi connectivity index (χ4n) is 1.41. The first-order valence-electron chi connectivity index (χ1n) is 6.42. The average Bonchev–Trinajstić information content (AvgIpc) is 2.53. The van der Waals surface area contributed by atoms with Gasteiger partial charge in [0.1, 0.15) is 6.10 Å². The van der Waals surface area contributed by atoms with E-state index < -0.39 is 28.0 Å². The third kappa shape index (κ3) is 7.44. The van der Waals surface area contributed by atoms with Gasteiger partial charge in [-0.15, -0.1) is 3.96 Å². The standard InChI is InChI=1S/C8H17Cl5N3O4P3/c1-7(19-6-8(18)5-17)3-2-4-20-23(13)14-21(11)15(9)22(12)16(23)10/h7-8,17-18H,2-6H2,1H3. The molecule has 0 amide bonds. The maximum atomic E-state index is 9.20. The minimum Gasteiger partial charge on any atom is -0.394 e. The van der Waals surface area contributed by atoms with Crippen molar-refractivity contribution in [2.24, 2.45) is 4.52 Å². The van der Waals surface area contributed by atoms with Crippen molar-refractivity contribution in [1.82, 2.24) is 7.92 Å². The molecule has 0 bridgehead atoms. The highest BCUT2D eigenvalue weighted by molar-refractivity contribution is 8.06. The van der Waals surface area contributed by atoms with Gasteiger partial charge in [-0.3, -0.25) is 0 Å². The molecular weight excluding hydrogens is 472 g/mol. The predicted octanol–water partition coefficient (Wildman–Crippen LogP) is 5.58. The molecule has 0 aliphatic carbocycles. The molecule has 0 radical (unpaired) electrons. The zero-order chi connectivity index (χ0) is 17.6. The summed E-state index contributed by atoms with van der Waals surface area (Å²) in [6, 6.07) is 0. The molecule has 0 aromatic rings. The quantitative estimate of drug-likeness (QED) is 0.250. The van der Waals surface area contributed by atoms with E-state index in [1.807, 2.05) is 6.92 Å². The van der Waals surface area contributed by atoms with E-state index >= 15 is 0 Å². The molecule has 0 spiro atoms. The van der Waals surface area contributed by atoms with Gasteiger partial charge in [-0.1, -0.05) is 15.2 Å². The number of hydrogen-bond acceptors (Lipinski definition) is 7. The van der Waals surface area contributed by atoms with Gasteiger partial charge in [0.2, 0.25) is 7.58 Å². The summed E-state index contributed by atoms with van der Waals surface area (Å²) in [5.74, 6) is 0. The first-order valence-corrected chi connectivity index (χ1v) is 13.9. The second-order valence-corrected chi connectivity index (χ2v) is 14.3. The van der Waals surface area contributed by atoms with Crippen LogP contribution in [0, 0.1) is 0 Å². The molecule has 0 saturated carbocycles. The van der Waals surface area contributed by atoms with Crippen LogP contribution in [0.4, 0.5) is 0 Å². The minimum atomic E-state index is -2.95. The number of nitrogens with zero attached hydrogens (tertiary/aromatic N) is 3. The lowest BCUT2D eigenvalue weighted by Crippen LogP contribution is -2.23. The first-order chi connectivity index (χ1) is 10.7. The summed E-state index contributed by atoms with van der Waals surface area (Å²) in [6.45, 7) is -1.05. The summed E-state index contributed by atoms with van der Waals surface area (Å²) in [6.07, 6.45) is 0.329. The summed E-state index contributed by atoms with van der Waals surface area (Å²) < 4.78 is 17.4. The molecule has 2 N–H and O–H groups in total. The largest absolute Gasteiger partial charge is 0.394 e. The lowest BCUT2D eigenvalue weighted by Gasteiger charge is -2.36. The Morgan fingerprint density at radius 3 is 2.61 bits per heavy atom. The van der Waals surface area contributed by atoms with Gasteiger partial charge < -0.3 is 19.5 Å². The molecule has 0 saturated heterocycles. The van der Waals surface area contributed by atoms with Crippen LogP contribution in [-0.2, 0) is 9.26 Å². The Morgan fingerprint density at radius 2 is 2.00 bits per heavy atom. The van der Waals surface area contributed by atoms with E-state index in [1.165, 1.54) is 0 Å². The third-order valence-electron chi connectivity index (χ3n) is 2.59. The zero-order valence-electron chi connectivity index (χ0n) is 12.0. The Kier molecular flexibility index (Phi) is 11.4. The maximum Gasteiger partial charge on any atom is 0.271 e. The maximum absolute atomic E-state index is 9.20. The van der Waals surface area contributed by atoms with Crippen molar-refractivity contribution in [2.45, 2.75) is 32.0 Å². The molecule has 7 nitrogen and oxygen atoms in total. The van der Waals surface area contributed by atoms with Gasteiger partial charge in [0.15, 0.2) is 7.58 Å². The van der Waals surface area contributed by atoms with Crippen molar-refractivity contribution in [3.8, 4) is 0 Å². The number of aliphatic hydroxyl groups excluding tert-OH is 2. The molecule has 1 heterocycles. The van der Waals surface area contributed by atoms with E-state index in [-0.39, 0.29) is 19.3 Å². The van der Waals surface area contributed by atoms with E-state index in [4.69, 9.17) is 71.6 Å². The van der Waals surface area contributed by atoms with Gasteiger partial charge >= 0.3 is 0 Å². The normalized spacial score (nSPS) is 32.5. The van der Waals surface area contributed by atoms with Gasteiger partial charge in [-0.05, 0) is 65.8 Å². The number of ether oxygens (including phenoxy) is 1. The molecule has 5 atom stereocenters. The van der Waals surface area contributed by atoms with E-state index in [1.54, 1.807) is 0 Å². The molecule has 5 unspecified atom stereocenters. The van der Waals surface area contributed by atoms with E-state index in [0.29, 0.717) is 19.4 Å². The van der Waals surface area contributed by atoms with Crippen molar-refractivity contribution >= 4 is 79.2 Å². The van der Waals surface area contributed by atoms with Crippen LogP contribution in [0.1, 0.15) is 19.8 Å². The highest BCUT2D eigenvalue weighted by Gasteiger charge is 2.43. The summed E-state index contributed by atoms with van der Waals surface area (Å²) >= 11 is 30.3. The summed E-state index contributed by atoms with van der Waals surface area (Å²) in [5, 5.41) is 17.9. The summed E-state index contributed by atoms with van der Waals surface area (Å²) in [7, 11) is -3.17. The van der Waals surface area contributed by atoms with Crippen LogP contribution in [0.3, 0.4) is 0 Å². The molecule has 1 aliphatic rings. The van der Waals surface area contributed by atoms with Crippen LogP contribution in [0.5, 0.6) is 0 Å². The Morgan fingerprint density at radius 1 is 1.35 bits per heavy atom. The van der Waals surface area contributed by atoms with Crippen LogP contribution >= 0.6 is 79.2 Å². The second kappa shape index (κ2) is 11.2. The SMILES string of the molecule is CC(CCCOP1(Cl)=NP(Cl)N(Cl)P(Cl)N1Cl)OCC(O)CO. The fourth-order valence-corrected chi connectivity index (χ4v) is 12.7. The monoisotopic (exact) mass is 487 g/mol. The molecule has 0 aromatic carbocycles. The molecule has 0 fully saturated rings. The molecule has 138 valence electrons. The van der Waals surface area contributed by atoms with Crippen molar-refractivity contribution in [3.05, 3.63) is 0 Å². The number of hydrogen-bond donors (Lipinski definition) is 2. The van der Waals surface area contributed by atoms with Crippen molar-refractivity contribution in [2.75, 3.05) is 19.8 Å². The average molecular weight is 489 g/mol. The predicted molar refractivity (Wildman–Crippen MR) is 99.8 cm³/mol. The van der Waals surface area contributed by atoms with Crippen molar-refractivity contribution in [3.63, 3.8) is 0 Å². The molecule has 15 heteroatoms. The molecule has 0 aromatic heterocycles. The first kappa shape index (κ1) is 23.3.